The summed E-state index contributed by atoms with van der Waals surface area (Å²) in [5, 5.41) is 3.20. The molecule has 1 saturated carbocycles. The smallest absolute Gasteiger partial charge is 0.242 e. The zero-order valence-corrected chi connectivity index (χ0v) is 19.9. The second-order valence-corrected chi connectivity index (χ2v) is 9.20. The second kappa shape index (κ2) is 11.8. The van der Waals surface area contributed by atoms with Crippen molar-refractivity contribution < 1.29 is 9.59 Å². The molecule has 1 N–H and O–H groups in total. The Morgan fingerprint density at radius 1 is 1.00 bits per heavy atom. The molecule has 0 aromatic heterocycles. The van der Waals surface area contributed by atoms with Gasteiger partial charge in [0.05, 0.1) is 0 Å². The number of carbonyl (C=O) groups is 2. The zero-order chi connectivity index (χ0) is 22.9. The van der Waals surface area contributed by atoms with Crippen LogP contribution in [0, 0.1) is 6.92 Å². The van der Waals surface area contributed by atoms with Crippen LogP contribution in [0.1, 0.15) is 74.6 Å². The molecule has 2 aromatic carbocycles. The first-order valence-electron chi connectivity index (χ1n) is 12.2. The Morgan fingerprint density at radius 2 is 1.69 bits per heavy atom. The summed E-state index contributed by atoms with van der Waals surface area (Å²) in [5.41, 5.74) is 4.67. The molecule has 1 aliphatic rings. The molecule has 0 bridgehead atoms. The molecule has 1 atom stereocenters. The Labute approximate surface area is 193 Å². The number of hydrogen-bond donors (Lipinski definition) is 1. The van der Waals surface area contributed by atoms with Gasteiger partial charge in [0.25, 0.3) is 0 Å². The van der Waals surface area contributed by atoms with E-state index in [9.17, 15) is 9.59 Å². The van der Waals surface area contributed by atoms with E-state index in [4.69, 9.17) is 0 Å². The summed E-state index contributed by atoms with van der Waals surface area (Å²) in [5.74, 6) is -0.0115. The summed E-state index contributed by atoms with van der Waals surface area (Å²) >= 11 is 0. The molecule has 0 heterocycles. The summed E-state index contributed by atoms with van der Waals surface area (Å²) < 4.78 is 0. The summed E-state index contributed by atoms with van der Waals surface area (Å²) in [6.45, 7) is 6.51. The lowest BCUT2D eigenvalue weighted by molar-refractivity contribution is -0.141. The van der Waals surface area contributed by atoms with Crippen LogP contribution >= 0.6 is 0 Å². The van der Waals surface area contributed by atoms with E-state index in [1.54, 1.807) is 4.90 Å². The van der Waals surface area contributed by atoms with Gasteiger partial charge in [-0.25, -0.2) is 0 Å². The van der Waals surface area contributed by atoms with Gasteiger partial charge in [-0.15, -0.1) is 0 Å². The highest BCUT2D eigenvalue weighted by molar-refractivity contribution is 5.87. The van der Waals surface area contributed by atoms with Gasteiger partial charge in [-0.05, 0) is 56.2 Å². The van der Waals surface area contributed by atoms with Crippen LogP contribution in [0.3, 0.4) is 0 Å². The molecular weight excluding hydrogens is 396 g/mol. The maximum atomic E-state index is 13.3. The predicted octanol–water partition coefficient (Wildman–Crippen LogP) is 5.36. The molecule has 4 heteroatoms. The number of amides is 2. The molecule has 0 saturated heterocycles. The van der Waals surface area contributed by atoms with Gasteiger partial charge >= 0.3 is 0 Å². The van der Waals surface area contributed by atoms with E-state index in [0.717, 1.165) is 36.0 Å². The van der Waals surface area contributed by atoms with Crippen molar-refractivity contribution in [2.75, 3.05) is 0 Å². The molecular formula is C28H38N2O2. The molecule has 32 heavy (non-hydrogen) atoms. The Balaban J connectivity index is 1.69. The predicted molar refractivity (Wildman–Crippen MR) is 130 cm³/mol. The fraction of sp³-hybridized carbons (Fsp3) is 0.500. The third-order valence-electron chi connectivity index (χ3n) is 6.61. The summed E-state index contributed by atoms with van der Waals surface area (Å²) in [6.07, 6.45) is 7.76. The largest absolute Gasteiger partial charge is 0.352 e. The lowest BCUT2D eigenvalue weighted by atomic mass is 9.95. The van der Waals surface area contributed by atoms with Crippen molar-refractivity contribution in [3.63, 3.8) is 0 Å². The van der Waals surface area contributed by atoms with Crippen LogP contribution in [0.5, 0.6) is 0 Å². The fourth-order valence-electron chi connectivity index (χ4n) is 4.50. The minimum atomic E-state index is -0.493. The number of nitrogens with zero attached hydrogens (tertiary/aromatic N) is 1. The number of hydrogen-bond acceptors (Lipinski definition) is 2. The highest BCUT2D eigenvalue weighted by Gasteiger charge is 2.27. The van der Waals surface area contributed by atoms with Crippen LogP contribution in [0.15, 0.2) is 48.5 Å². The summed E-state index contributed by atoms with van der Waals surface area (Å²) in [4.78, 5) is 28.1. The lowest BCUT2D eigenvalue weighted by Gasteiger charge is -2.31. The van der Waals surface area contributed by atoms with E-state index in [2.05, 4.69) is 55.6 Å². The fourth-order valence-corrected chi connectivity index (χ4v) is 4.50. The van der Waals surface area contributed by atoms with Crippen molar-refractivity contribution in [1.82, 2.24) is 10.2 Å². The topological polar surface area (TPSA) is 49.4 Å². The maximum absolute atomic E-state index is 13.3. The number of benzene rings is 2. The summed E-state index contributed by atoms with van der Waals surface area (Å²) in [6, 6.07) is 16.4. The molecule has 0 aliphatic heterocycles. The molecule has 3 rings (SSSR count). The van der Waals surface area contributed by atoms with Gasteiger partial charge in [0, 0.05) is 19.0 Å². The number of nitrogens with one attached hydrogen (secondary N) is 1. The standard InChI is InChI=1S/C28H38N2O2/c1-4-23-13-15-24(16-14-23)17-18-27(31)30(20-25-10-8-9-21(2)19-25)22(3)28(32)29-26-11-6-5-7-12-26/h8-10,13-16,19,22,26H,4-7,11-12,17-18,20H2,1-3H3,(H,29,32)/t22-/m0/s1. The molecule has 2 amide bonds. The van der Waals surface area contributed by atoms with Crippen LogP contribution in [-0.2, 0) is 29.0 Å². The monoisotopic (exact) mass is 434 g/mol. The van der Waals surface area contributed by atoms with Crippen LogP contribution < -0.4 is 5.32 Å². The molecule has 1 aliphatic carbocycles. The van der Waals surface area contributed by atoms with Gasteiger partial charge in [-0.3, -0.25) is 9.59 Å². The van der Waals surface area contributed by atoms with Gasteiger partial charge < -0.3 is 10.2 Å². The Bertz CT molecular complexity index is 885. The van der Waals surface area contributed by atoms with Gasteiger partial charge in [0.2, 0.25) is 11.8 Å². The van der Waals surface area contributed by atoms with Crippen molar-refractivity contribution in [3.05, 3.63) is 70.8 Å². The van der Waals surface area contributed by atoms with Gasteiger partial charge in [0.15, 0.2) is 0 Å². The zero-order valence-electron chi connectivity index (χ0n) is 19.9. The minimum absolute atomic E-state index is 0.0253. The molecule has 1 fully saturated rings. The average molecular weight is 435 g/mol. The van der Waals surface area contributed by atoms with Gasteiger partial charge in [-0.1, -0.05) is 80.3 Å². The van der Waals surface area contributed by atoms with E-state index in [1.807, 2.05) is 19.1 Å². The first-order chi connectivity index (χ1) is 15.5. The highest BCUT2D eigenvalue weighted by Crippen LogP contribution is 2.19. The minimum Gasteiger partial charge on any atom is -0.352 e. The third kappa shape index (κ3) is 6.94. The second-order valence-electron chi connectivity index (χ2n) is 9.20. The van der Waals surface area contributed by atoms with Crippen LogP contribution in [-0.4, -0.2) is 28.8 Å². The first kappa shape index (κ1) is 24.0. The number of carbonyl (C=O) groups excluding carboxylic acids is 2. The van der Waals surface area contributed by atoms with Crippen molar-refractivity contribution >= 4 is 11.8 Å². The molecule has 4 nitrogen and oxygen atoms in total. The van der Waals surface area contributed by atoms with E-state index >= 15 is 0 Å². The Morgan fingerprint density at radius 3 is 2.34 bits per heavy atom. The van der Waals surface area contributed by atoms with E-state index in [1.165, 1.54) is 24.8 Å². The number of aryl methyl sites for hydroxylation is 3. The highest BCUT2D eigenvalue weighted by atomic mass is 16.2. The van der Waals surface area contributed by atoms with Crippen molar-refractivity contribution in [1.29, 1.82) is 0 Å². The van der Waals surface area contributed by atoms with Crippen molar-refractivity contribution in [2.45, 2.75) is 90.8 Å². The Kier molecular flexibility index (Phi) is 8.90. The molecule has 0 unspecified atom stereocenters. The lowest BCUT2D eigenvalue weighted by Crippen LogP contribution is -2.50. The molecule has 0 radical (unpaired) electrons. The van der Waals surface area contributed by atoms with E-state index < -0.39 is 6.04 Å². The first-order valence-corrected chi connectivity index (χ1v) is 12.2. The van der Waals surface area contributed by atoms with Gasteiger partial charge in [-0.2, -0.15) is 0 Å². The van der Waals surface area contributed by atoms with Crippen molar-refractivity contribution in [2.24, 2.45) is 0 Å². The molecule has 0 spiro atoms. The van der Waals surface area contributed by atoms with Gasteiger partial charge in [0.1, 0.15) is 6.04 Å². The van der Waals surface area contributed by atoms with Crippen LogP contribution in [0.25, 0.3) is 0 Å². The Hall–Kier alpha value is -2.62. The third-order valence-corrected chi connectivity index (χ3v) is 6.61. The number of rotatable bonds is 9. The molecule has 2 aromatic rings. The van der Waals surface area contributed by atoms with Crippen molar-refractivity contribution in [3.8, 4) is 0 Å². The average Bonchev–Trinajstić information content (AvgIpc) is 2.81. The normalized spacial score (nSPS) is 15.2. The van der Waals surface area contributed by atoms with Crippen LogP contribution in [0.4, 0.5) is 0 Å². The van der Waals surface area contributed by atoms with E-state index in [0.29, 0.717) is 19.4 Å². The van der Waals surface area contributed by atoms with E-state index in [-0.39, 0.29) is 17.9 Å². The molecule has 172 valence electrons. The summed E-state index contributed by atoms with van der Waals surface area (Å²) in [7, 11) is 0. The SMILES string of the molecule is CCc1ccc(CCC(=O)N(Cc2cccc(C)c2)[C@@H](C)C(=O)NC2CCCCC2)cc1. The maximum Gasteiger partial charge on any atom is 0.242 e. The quantitative estimate of drug-likeness (QED) is 0.578. The van der Waals surface area contributed by atoms with Crippen LogP contribution in [0.2, 0.25) is 0 Å².